The molecule has 3 aromatic carbocycles. The van der Waals surface area contributed by atoms with Gasteiger partial charge in [0.15, 0.2) is 0 Å². The van der Waals surface area contributed by atoms with Crippen molar-refractivity contribution in [3.63, 3.8) is 0 Å². The van der Waals surface area contributed by atoms with E-state index < -0.39 is 17.7 Å². The summed E-state index contributed by atoms with van der Waals surface area (Å²) in [5.74, 6) is -1.18. The van der Waals surface area contributed by atoms with Crippen molar-refractivity contribution in [1.82, 2.24) is 9.88 Å². The maximum atomic E-state index is 13.3. The van der Waals surface area contributed by atoms with Gasteiger partial charge in [-0.05, 0) is 77.7 Å². The molecule has 6 nitrogen and oxygen atoms in total. The van der Waals surface area contributed by atoms with Crippen molar-refractivity contribution < 1.29 is 19.4 Å². The SMILES string of the molecule is Cc1ccccc1COc1ccc(C(O)=C2C(=O)C(=O)N(Cc3ccncc3)C2c2ccc(Cl)c(Cl)c2)cc1. The Morgan fingerprint density at radius 3 is 2.36 bits per heavy atom. The molecule has 0 aliphatic carbocycles. The van der Waals surface area contributed by atoms with Gasteiger partial charge in [-0.2, -0.15) is 0 Å². The van der Waals surface area contributed by atoms with Crippen LogP contribution in [0.4, 0.5) is 0 Å². The fourth-order valence-corrected chi connectivity index (χ4v) is 4.86. The predicted molar refractivity (Wildman–Crippen MR) is 150 cm³/mol. The molecule has 0 saturated carbocycles. The number of ketones is 1. The quantitative estimate of drug-likeness (QED) is 0.151. The summed E-state index contributed by atoms with van der Waals surface area (Å²) >= 11 is 12.4. The first-order chi connectivity index (χ1) is 18.8. The van der Waals surface area contributed by atoms with Crippen LogP contribution in [0.1, 0.15) is 33.9 Å². The Morgan fingerprint density at radius 1 is 0.949 bits per heavy atom. The number of nitrogens with zero attached hydrogens (tertiary/aromatic N) is 2. The molecule has 0 spiro atoms. The van der Waals surface area contributed by atoms with Crippen molar-refractivity contribution in [3.8, 4) is 5.75 Å². The minimum Gasteiger partial charge on any atom is -0.507 e. The lowest BCUT2D eigenvalue weighted by atomic mass is 9.95. The Balaban J connectivity index is 1.49. The summed E-state index contributed by atoms with van der Waals surface area (Å²) in [6, 6.07) is 22.3. The number of pyridine rings is 1. The zero-order valence-corrected chi connectivity index (χ0v) is 22.5. The van der Waals surface area contributed by atoms with Gasteiger partial charge in [0.1, 0.15) is 18.1 Å². The number of hydrogen-bond donors (Lipinski definition) is 1. The van der Waals surface area contributed by atoms with Crippen LogP contribution in [0.5, 0.6) is 5.75 Å². The maximum Gasteiger partial charge on any atom is 0.295 e. The third kappa shape index (κ3) is 5.53. The number of amides is 1. The van der Waals surface area contributed by atoms with E-state index in [2.05, 4.69) is 4.98 Å². The summed E-state index contributed by atoms with van der Waals surface area (Å²) in [4.78, 5) is 32.0. The lowest BCUT2D eigenvalue weighted by Crippen LogP contribution is -2.29. The van der Waals surface area contributed by atoms with E-state index in [1.165, 1.54) is 4.90 Å². The first-order valence-electron chi connectivity index (χ1n) is 12.2. The van der Waals surface area contributed by atoms with Gasteiger partial charge in [0, 0.05) is 24.5 Å². The van der Waals surface area contributed by atoms with E-state index in [-0.39, 0.29) is 22.9 Å². The van der Waals surface area contributed by atoms with E-state index in [4.69, 9.17) is 27.9 Å². The molecule has 2 heterocycles. The van der Waals surface area contributed by atoms with E-state index >= 15 is 0 Å². The van der Waals surface area contributed by atoms with Crippen molar-refractivity contribution in [2.75, 3.05) is 0 Å². The van der Waals surface area contributed by atoms with E-state index in [1.54, 1.807) is 67.0 Å². The molecule has 8 heteroatoms. The molecule has 196 valence electrons. The number of aliphatic hydroxyl groups is 1. The van der Waals surface area contributed by atoms with Gasteiger partial charge in [0.05, 0.1) is 21.7 Å². The second kappa shape index (κ2) is 11.3. The van der Waals surface area contributed by atoms with Crippen LogP contribution >= 0.6 is 23.2 Å². The highest BCUT2D eigenvalue weighted by molar-refractivity contribution is 6.46. The highest BCUT2D eigenvalue weighted by atomic mass is 35.5. The van der Waals surface area contributed by atoms with Gasteiger partial charge in [-0.25, -0.2) is 0 Å². The molecule has 1 saturated heterocycles. The number of Topliss-reactive ketones (excluding diaryl/α,β-unsaturated/α-hetero) is 1. The predicted octanol–water partition coefficient (Wildman–Crippen LogP) is 6.90. The number of aliphatic hydroxyl groups excluding tert-OH is 1. The van der Waals surface area contributed by atoms with Crippen LogP contribution in [0.3, 0.4) is 0 Å². The average Bonchev–Trinajstić information content (AvgIpc) is 3.19. The van der Waals surface area contributed by atoms with Gasteiger partial charge in [-0.1, -0.05) is 53.5 Å². The molecule has 1 N–H and O–H groups in total. The van der Waals surface area contributed by atoms with Crippen LogP contribution in [-0.2, 0) is 22.7 Å². The van der Waals surface area contributed by atoms with Crippen molar-refractivity contribution >= 4 is 40.7 Å². The molecule has 0 radical (unpaired) electrons. The van der Waals surface area contributed by atoms with Crippen molar-refractivity contribution in [3.05, 3.63) is 135 Å². The zero-order chi connectivity index (χ0) is 27.5. The van der Waals surface area contributed by atoms with E-state index in [0.29, 0.717) is 28.5 Å². The monoisotopic (exact) mass is 558 g/mol. The van der Waals surface area contributed by atoms with Gasteiger partial charge < -0.3 is 14.7 Å². The summed E-state index contributed by atoms with van der Waals surface area (Å²) in [5, 5.41) is 12.0. The first-order valence-corrected chi connectivity index (χ1v) is 13.0. The van der Waals surface area contributed by atoms with Crippen LogP contribution in [0.15, 0.2) is 96.8 Å². The summed E-state index contributed by atoms with van der Waals surface area (Å²) < 4.78 is 5.91. The van der Waals surface area contributed by atoms with Crippen LogP contribution in [-0.4, -0.2) is 26.7 Å². The normalized spacial score (nSPS) is 16.5. The van der Waals surface area contributed by atoms with Gasteiger partial charge in [-0.15, -0.1) is 0 Å². The smallest absolute Gasteiger partial charge is 0.295 e. The lowest BCUT2D eigenvalue weighted by Gasteiger charge is -2.25. The number of aryl methyl sites for hydroxylation is 1. The Hall–Kier alpha value is -4.13. The maximum absolute atomic E-state index is 13.3. The summed E-state index contributed by atoms with van der Waals surface area (Å²) in [6.07, 6.45) is 3.23. The van der Waals surface area contributed by atoms with E-state index in [1.807, 2.05) is 31.2 Å². The molecule has 1 atom stereocenters. The number of hydrogen-bond acceptors (Lipinski definition) is 5. The average molecular weight is 559 g/mol. The summed E-state index contributed by atoms with van der Waals surface area (Å²) in [7, 11) is 0. The molecule has 1 aliphatic heterocycles. The van der Waals surface area contributed by atoms with Crippen LogP contribution in [0.25, 0.3) is 5.76 Å². The van der Waals surface area contributed by atoms with E-state index in [0.717, 1.165) is 16.7 Å². The molecular formula is C31H24Cl2N2O4. The number of ether oxygens (including phenoxy) is 1. The number of likely N-dealkylation sites (tertiary alicyclic amines) is 1. The third-order valence-corrected chi connectivity index (χ3v) is 7.42. The lowest BCUT2D eigenvalue weighted by molar-refractivity contribution is -0.140. The minimum absolute atomic E-state index is 0.0268. The van der Waals surface area contributed by atoms with Crippen LogP contribution < -0.4 is 4.74 Å². The number of aromatic nitrogens is 1. The standard InChI is InChI=1S/C31H24Cl2N2O4/c1-19-4-2-3-5-23(19)18-39-24-9-6-21(7-10-24)29(36)27-28(22-8-11-25(32)26(33)16-22)35(31(38)30(27)37)17-20-12-14-34-15-13-20/h2-16,28,36H,17-18H2,1H3. The largest absolute Gasteiger partial charge is 0.507 e. The number of halogens is 2. The Morgan fingerprint density at radius 2 is 1.67 bits per heavy atom. The van der Waals surface area contributed by atoms with Crippen molar-refractivity contribution in [2.45, 2.75) is 26.1 Å². The van der Waals surface area contributed by atoms with Gasteiger partial charge >= 0.3 is 0 Å². The number of rotatable bonds is 7. The second-order valence-electron chi connectivity index (χ2n) is 9.20. The topological polar surface area (TPSA) is 79.7 Å². The molecule has 1 amide bonds. The minimum atomic E-state index is -0.870. The number of carbonyl (C=O) groups is 2. The molecule has 1 fully saturated rings. The highest BCUT2D eigenvalue weighted by Gasteiger charge is 2.46. The Kier molecular flexibility index (Phi) is 7.68. The molecule has 5 rings (SSSR count). The summed E-state index contributed by atoms with van der Waals surface area (Å²) in [5.41, 5.74) is 3.89. The Bertz CT molecular complexity index is 1570. The first kappa shape index (κ1) is 26.5. The number of benzene rings is 3. The van der Waals surface area contributed by atoms with Gasteiger partial charge in [-0.3, -0.25) is 14.6 Å². The molecule has 0 bridgehead atoms. The van der Waals surface area contributed by atoms with Crippen LogP contribution in [0, 0.1) is 6.92 Å². The van der Waals surface area contributed by atoms with Crippen molar-refractivity contribution in [2.24, 2.45) is 0 Å². The summed E-state index contributed by atoms with van der Waals surface area (Å²) in [6.45, 7) is 2.56. The van der Waals surface area contributed by atoms with Gasteiger partial charge in [0.25, 0.3) is 11.7 Å². The van der Waals surface area contributed by atoms with Gasteiger partial charge in [0.2, 0.25) is 0 Å². The highest BCUT2D eigenvalue weighted by Crippen LogP contribution is 2.41. The zero-order valence-electron chi connectivity index (χ0n) is 21.0. The number of carbonyl (C=O) groups excluding carboxylic acids is 2. The molecule has 1 unspecified atom stereocenters. The Labute approximate surface area is 236 Å². The van der Waals surface area contributed by atoms with Crippen molar-refractivity contribution in [1.29, 1.82) is 0 Å². The fourth-order valence-electron chi connectivity index (χ4n) is 4.55. The van der Waals surface area contributed by atoms with Crippen LogP contribution in [0.2, 0.25) is 10.0 Å². The third-order valence-electron chi connectivity index (χ3n) is 6.68. The van der Waals surface area contributed by atoms with E-state index in [9.17, 15) is 14.7 Å². The molecule has 1 aliphatic rings. The second-order valence-corrected chi connectivity index (χ2v) is 10.0. The molecule has 4 aromatic rings. The molecule has 1 aromatic heterocycles. The fraction of sp³-hybridized carbons (Fsp3) is 0.129. The molecule has 39 heavy (non-hydrogen) atoms. The molecular weight excluding hydrogens is 535 g/mol.